The number of carbonyl (C=O) groups excluding carboxylic acids is 3. The molecule has 2 heterocycles. The lowest BCUT2D eigenvalue weighted by atomic mass is 10.0. The quantitative estimate of drug-likeness (QED) is 0.841. The van der Waals surface area contributed by atoms with E-state index >= 15 is 0 Å². The zero-order chi connectivity index (χ0) is 19.1. The number of amides is 3. The normalized spacial score (nSPS) is 15.9. The van der Waals surface area contributed by atoms with Crippen LogP contribution < -0.4 is 14.8 Å². The Morgan fingerprint density at radius 3 is 2.26 bits per heavy atom. The van der Waals surface area contributed by atoms with Crippen LogP contribution >= 0.6 is 0 Å². The fraction of sp³-hybridized carbons (Fsp3) is 0.250. The molecular formula is C20H18N2O5. The van der Waals surface area contributed by atoms with E-state index in [0.717, 1.165) is 4.90 Å². The second-order valence-electron chi connectivity index (χ2n) is 6.77. The van der Waals surface area contributed by atoms with E-state index in [0.29, 0.717) is 28.3 Å². The summed E-state index contributed by atoms with van der Waals surface area (Å²) < 4.78 is 10.6. The molecular weight excluding hydrogens is 348 g/mol. The molecule has 3 amide bonds. The smallest absolute Gasteiger partial charge is 0.262 e. The van der Waals surface area contributed by atoms with E-state index in [1.165, 1.54) is 0 Å². The summed E-state index contributed by atoms with van der Waals surface area (Å²) in [5.74, 6) is -0.451. The first-order chi connectivity index (χ1) is 13.0. The van der Waals surface area contributed by atoms with Crippen LogP contribution in [0.15, 0.2) is 42.5 Å². The molecule has 2 aromatic carbocycles. The van der Waals surface area contributed by atoms with Crippen molar-refractivity contribution < 1.29 is 23.9 Å². The molecule has 1 N–H and O–H groups in total. The van der Waals surface area contributed by atoms with E-state index in [1.807, 2.05) is 0 Å². The van der Waals surface area contributed by atoms with Crippen molar-refractivity contribution in [1.82, 2.24) is 4.90 Å². The van der Waals surface area contributed by atoms with E-state index in [2.05, 4.69) is 5.32 Å². The summed E-state index contributed by atoms with van der Waals surface area (Å²) in [4.78, 5) is 39.5. The molecule has 4 rings (SSSR count). The molecule has 27 heavy (non-hydrogen) atoms. The van der Waals surface area contributed by atoms with Crippen molar-refractivity contribution in [1.29, 1.82) is 0 Å². The van der Waals surface area contributed by atoms with Gasteiger partial charge in [-0.25, -0.2) is 0 Å². The summed E-state index contributed by atoms with van der Waals surface area (Å²) in [6, 6.07) is 10.7. The van der Waals surface area contributed by atoms with E-state index in [9.17, 15) is 14.4 Å². The average molecular weight is 366 g/mol. The summed E-state index contributed by atoms with van der Waals surface area (Å²) in [5, 5.41) is 2.78. The number of carbonyl (C=O) groups is 3. The van der Waals surface area contributed by atoms with Gasteiger partial charge in [-0.2, -0.15) is 0 Å². The lowest BCUT2D eigenvalue weighted by Crippen LogP contribution is -2.50. The van der Waals surface area contributed by atoms with Gasteiger partial charge in [0.2, 0.25) is 12.7 Å². The highest BCUT2D eigenvalue weighted by Crippen LogP contribution is 2.34. The second-order valence-corrected chi connectivity index (χ2v) is 6.77. The maximum absolute atomic E-state index is 13.0. The Labute approximate surface area is 155 Å². The van der Waals surface area contributed by atoms with Crippen LogP contribution in [0.4, 0.5) is 5.69 Å². The SMILES string of the molecule is CC(C)[C@@H](C(=O)Nc1ccc2c(c1)OCO2)N1C(=O)c2ccccc2C1=O. The van der Waals surface area contributed by atoms with E-state index < -0.39 is 23.8 Å². The lowest BCUT2D eigenvalue weighted by Gasteiger charge is -2.28. The Morgan fingerprint density at radius 2 is 1.63 bits per heavy atom. The van der Waals surface area contributed by atoms with Crippen LogP contribution in [0.3, 0.4) is 0 Å². The molecule has 0 saturated heterocycles. The van der Waals surface area contributed by atoms with Crippen molar-refractivity contribution in [3.8, 4) is 11.5 Å². The topological polar surface area (TPSA) is 84.9 Å². The number of anilines is 1. The fourth-order valence-corrected chi connectivity index (χ4v) is 3.37. The minimum atomic E-state index is -0.928. The van der Waals surface area contributed by atoms with Crippen LogP contribution in [-0.4, -0.2) is 35.5 Å². The monoisotopic (exact) mass is 366 g/mol. The van der Waals surface area contributed by atoms with Gasteiger partial charge in [0, 0.05) is 11.8 Å². The van der Waals surface area contributed by atoms with Gasteiger partial charge in [-0.15, -0.1) is 0 Å². The van der Waals surface area contributed by atoms with Gasteiger partial charge >= 0.3 is 0 Å². The molecule has 138 valence electrons. The van der Waals surface area contributed by atoms with Crippen LogP contribution in [0.5, 0.6) is 11.5 Å². The number of nitrogens with one attached hydrogen (secondary N) is 1. The molecule has 0 unspecified atom stereocenters. The highest BCUT2D eigenvalue weighted by molar-refractivity contribution is 6.23. The maximum Gasteiger partial charge on any atom is 0.262 e. The Kier molecular flexibility index (Phi) is 4.07. The van der Waals surface area contributed by atoms with Gasteiger partial charge in [0.05, 0.1) is 11.1 Å². The van der Waals surface area contributed by atoms with Gasteiger partial charge in [-0.3, -0.25) is 19.3 Å². The highest BCUT2D eigenvalue weighted by atomic mass is 16.7. The molecule has 0 spiro atoms. The van der Waals surface area contributed by atoms with Gasteiger partial charge in [-0.1, -0.05) is 26.0 Å². The molecule has 2 aliphatic heterocycles. The summed E-state index contributed by atoms with van der Waals surface area (Å²) in [6.07, 6.45) is 0. The summed E-state index contributed by atoms with van der Waals surface area (Å²) in [5.41, 5.74) is 1.15. The van der Waals surface area contributed by atoms with Gasteiger partial charge in [-0.05, 0) is 30.2 Å². The molecule has 0 radical (unpaired) electrons. The van der Waals surface area contributed by atoms with Crippen molar-refractivity contribution in [3.63, 3.8) is 0 Å². The van der Waals surface area contributed by atoms with Crippen molar-refractivity contribution in [3.05, 3.63) is 53.6 Å². The molecule has 2 aromatic rings. The second kappa shape index (κ2) is 6.42. The summed E-state index contributed by atoms with van der Waals surface area (Å²) in [7, 11) is 0. The molecule has 7 heteroatoms. The number of imide groups is 1. The predicted molar refractivity (Wildman–Crippen MR) is 96.8 cm³/mol. The third kappa shape index (κ3) is 2.81. The number of hydrogen-bond donors (Lipinski definition) is 1. The zero-order valence-electron chi connectivity index (χ0n) is 14.9. The first kappa shape index (κ1) is 17.1. The van der Waals surface area contributed by atoms with Crippen molar-refractivity contribution >= 4 is 23.4 Å². The predicted octanol–water partition coefficient (Wildman–Crippen LogP) is 2.67. The van der Waals surface area contributed by atoms with Crippen LogP contribution in [-0.2, 0) is 4.79 Å². The molecule has 0 bridgehead atoms. The Morgan fingerprint density at radius 1 is 1.00 bits per heavy atom. The molecule has 0 saturated carbocycles. The molecule has 0 aromatic heterocycles. The van der Waals surface area contributed by atoms with Gasteiger partial charge in [0.15, 0.2) is 11.5 Å². The standard InChI is InChI=1S/C20H18N2O5/c1-11(2)17(22-19(24)13-5-3-4-6-14(13)20(22)25)18(23)21-12-7-8-15-16(9-12)27-10-26-15/h3-9,11,17H,10H2,1-2H3,(H,21,23)/t17-/m0/s1. The number of rotatable bonds is 4. The molecule has 1 atom stereocenters. The van der Waals surface area contributed by atoms with Gasteiger partial charge in [0.1, 0.15) is 6.04 Å². The first-order valence-corrected chi connectivity index (χ1v) is 8.65. The van der Waals surface area contributed by atoms with Crippen LogP contribution in [0.1, 0.15) is 34.6 Å². The number of ether oxygens (including phenoxy) is 2. The minimum absolute atomic E-state index is 0.135. The van der Waals surface area contributed by atoms with Crippen molar-refractivity contribution in [2.75, 3.05) is 12.1 Å². The number of benzene rings is 2. The highest BCUT2D eigenvalue weighted by Gasteiger charge is 2.43. The Balaban J connectivity index is 1.61. The third-order valence-electron chi connectivity index (χ3n) is 4.64. The molecule has 7 nitrogen and oxygen atoms in total. The van der Waals surface area contributed by atoms with Crippen LogP contribution in [0.25, 0.3) is 0 Å². The first-order valence-electron chi connectivity index (χ1n) is 8.65. The average Bonchev–Trinajstić information content (AvgIpc) is 3.20. The lowest BCUT2D eigenvalue weighted by molar-refractivity contribution is -0.121. The fourth-order valence-electron chi connectivity index (χ4n) is 3.37. The number of fused-ring (bicyclic) bond motifs is 2. The zero-order valence-corrected chi connectivity index (χ0v) is 14.9. The molecule has 0 fully saturated rings. The maximum atomic E-state index is 13.0. The van der Waals surface area contributed by atoms with E-state index in [1.54, 1.807) is 56.3 Å². The van der Waals surface area contributed by atoms with Crippen molar-refractivity contribution in [2.45, 2.75) is 19.9 Å². The third-order valence-corrected chi connectivity index (χ3v) is 4.64. The summed E-state index contributed by atoms with van der Waals surface area (Å²) >= 11 is 0. The van der Waals surface area contributed by atoms with Gasteiger partial charge in [0.25, 0.3) is 11.8 Å². The van der Waals surface area contributed by atoms with E-state index in [4.69, 9.17) is 9.47 Å². The van der Waals surface area contributed by atoms with E-state index in [-0.39, 0.29) is 12.7 Å². The largest absolute Gasteiger partial charge is 0.454 e. The molecule has 2 aliphatic rings. The van der Waals surface area contributed by atoms with Crippen molar-refractivity contribution in [2.24, 2.45) is 5.92 Å². The summed E-state index contributed by atoms with van der Waals surface area (Å²) in [6.45, 7) is 3.73. The Hall–Kier alpha value is -3.35. The minimum Gasteiger partial charge on any atom is -0.454 e. The Bertz CT molecular complexity index is 918. The molecule has 0 aliphatic carbocycles. The van der Waals surface area contributed by atoms with Crippen LogP contribution in [0.2, 0.25) is 0 Å². The number of hydrogen-bond acceptors (Lipinski definition) is 5. The van der Waals surface area contributed by atoms with Crippen LogP contribution in [0, 0.1) is 5.92 Å². The van der Waals surface area contributed by atoms with Gasteiger partial charge < -0.3 is 14.8 Å². The number of nitrogens with zero attached hydrogens (tertiary/aromatic N) is 1.